The number of ether oxygens (including phenoxy) is 1. The number of hydrogen-bond donors (Lipinski definition) is 0. The van der Waals surface area contributed by atoms with Crippen molar-refractivity contribution in [1.82, 2.24) is 0 Å². The number of unbranched alkanes of at least 4 members (excludes halogenated alkanes) is 4. The second kappa shape index (κ2) is 9.23. The summed E-state index contributed by atoms with van der Waals surface area (Å²) < 4.78 is 5.92. The van der Waals surface area contributed by atoms with Crippen LogP contribution in [0.25, 0.3) is 0 Å². The zero-order valence-corrected chi connectivity index (χ0v) is 11.9. The van der Waals surface area contributed by atoms with Gasteiger partial charge in [-0.05, 0) is 12.8 Å². The lowest BCUT2D eigenvalue weighted by Crippen LogP contribution is -2.37. The Morgan fingerprint density at radius 2 is 1.88 bits per heavy atom. The molecular weight excluding hydrogens is 214 g/mol. The number of carbonyl (C=O) groups excluding carboxylic acids is 1. The van der Waals surface area contributed by atoms with E-state index in [4.69, 9.17) is 4.74 Å². The number of likely N-dealkylation sites (N-methyl/N-ethyl adjacent to an activating group) is 1. The van der Waals surface area contributed by atoms with Gasteiger partial charge in [0.1, 0.15) is 13.2 Å². The van der Waals surface area contributed by atoms with Gasteiger partial charge in [0, 0.05) is 6.08 Å². The largest absolute Gasteiger partial charge is 0.457 e. The minimum Gasteiger partial charge on any atom is -0.457 e. The highest BCUT2D eigenvalue weighted by Crippen LogP contribution is 2.02. The number of hydrogen-bond acceptors (Lipinski definition) is 2. The number of allylic oxidation sites excluding steroid dienone is 1. The molecule has 0 spiro atoms. The van der Waals surface area contributed by atoms with Gasteiger partial charge in [-0.15, -0.1) is 0 Å². The monoisotopic (exact) mass is 242 g/mol. The number of esters is 1. The molecule has 0 aliphatic carbocycles. The Morgan fingerprint density at radius 3 is 2.47 bits per heavy atom. The maximum absolute atomic E-state index is 11.3. The van der Waals surface area contributed by atoms with E-state index in [-0.39, 0.29) is 5.97 Å². The van der Waals surface area contributed by atoms with Gasteiger partial charge in [0.05, 0.1) is 21.1 Å². The zero-order valence-electron chi connectivity index (χ0n) is 11.9. The molecule has 0 aliphatic heterocycles. The summed E-state index contributed by atoms with van der Waals surface area (Å²) in [7, 11) is 6.24. The van der Waals surface area contributed by atoms with Crippen LogP contribution >= 0.6 is 0 Å². The van der Waals surface area contributed by atoms with Gasteiger partial charge in [0.2, 0.25) is 0 Å². The molecule has 0 bridgehead atoms. The number of carbonyl (C=O) groups is 1. The van der Waals surface area contributed by atoms with Crippen LogP contribution in [0, 0.1) is 0 Å². The molecule has 3 heteroatoms. The lowest BCUT2D eigenvalue weighted by atomic mass is 10.1. The summed E-state index contributed by atoms with van der Waals surface area (Å²) in [6, 6.07) is 0. The Labute approximate surface area is 106 Å². The summed E-state index contributed by atoms with van der Waals surface area (Å²) in [5, 5.41) is 0. The highest BCUT2D eigenvalue weighted by molar-refractivity contribution is 5.81. The fourth-order valence-corrected chi connectivity index (χ4v) is 1.34. The van der Waals surface area contributed by atoms with Crippen LogP contribution in [0.4, 0.5) is 0 Å². The van der Waals surface area contributed by atoms with Gasteiger partial charge in [0.15, 0.2) is 0 Å². The average Bonchev–Trinajstić information content (AvgIpc) is 2.21. The SMILES string of the molecule is CCCCCCC=CC(=O)OCC[N+](C)(C)C. The lowest BCUT2D eigenvalue weighted by molar-refractivity contribution is -0.870. The Balaban J connectivity index is 3.48. The normalized spacial score (nSPS) is 12.0. The Hall–Kier alpha value is -0.830. The van der Waals surface area contributed by atoms with E-state index in [0.29, 0.717) is 6.61 Å². The van der Waals surface area contributed by atoms with E-state index >= 15 is 0 Å². The van der Waals surface area contributed by atoms with Gasteiger partial charge >= 0.3 is 5.97 Å². The van der Waals surface area contributed by atoms with Crippen LogP contribution in [-0.4, -0.2) is 44.7 Å². The predicted molar refractivity (Wildman–Crippen MR) is 71.8 cm³/mol. The first-order valence-corrected chi connectivity index (χ1v) is 6.59. The van der Waals surface area contributed by atoms with Crippen molar-refractivity contribution >= 4 is 5.97 Å². The van der Waals surface area contributed by atoms with Crippen molar-refractivity contribution in [3.63, 3.8) is 0 Å². The molecule has 0 N–H and O–H groups in total. The third-order valence-electron chi connectivity index (χ3n) is 2.48. The molecule has 17 heavy (non-hydrogen) atoms. The van der Waals surface area contributed by atoms with Crippen molar-refractivity contribution in [1.29, 1.82) is 0 Å². The van der Waals surface area contributed by atoms with Gasteiger partial charge in [-0.1, -0.05) is 32.3 Å². The molecule has 100 valence electrons. The van der Waals surface area contributed by atoms with Crippen LogP contribution in [0.3, 0.4) is 0 Å². The van der Waals surface area contributed by atoms with Gasteiger partial charge in [-0.25, -0.2) is 4.79 Å². The second-order valence-electron chi connectivity index (χ2n) is 5.43. The molecule has 0 unspecified atom stereocenters. The van der Waals surface area contributed by atoms with E-state index in [1.165, 1.54) is 19.3 Å². The van der Waals surface area contributed by atoms with E-state index in [0.717, 1.165) is 23.9 Å². The van der Waals surface area contributed by atoms with Gasteiger partial charge in [0.25, 0.3) is 0 Å². The van der Waals surface area contributed by atoms with Gasteiger partial charge in [-0.3, -0.25) is 0 Å². The number of rotatable bonds is 9. The first-order valence-electron chi connectivity index (χ1n) is 6.59. The summed E-state index contributed by atoms with van der Waals surface area (Å²) in [4.78, 5) is 11.3. The fraction of sp³-hybridized carbons (Fsp3) is 0.786. The van der Waals surface area contributed by atoms with Crippen LogP contribution in [-0.2, 0) is 9.53 Å². The van der Waals surface area contributed by atoms with Crippen molar-refractivity contribution in [2.45, 2.75) is 39.0 Å². The smallest absolute Gasteiger partial charge is 0.330 e. The summed E-state index contributed by atoms with van der Waals surface area (Å²) in [6.07, 6.45) is 9.39. The molecule has 0 saturated heterocycles. The van der Waals surface area contributed by atoms with E-state index < -0.39 is 0 Å². The first-order chi connectivity index (χ1) is 7.95. The third kappa shape index (κ3) is 13.1. The number of quaternary nitrogens is 1. The summed E-state index contributed by atoms with van der Waals surface area (Å²) in [6.45, 7) is 3.53. The molecule has 0 aliphatic rings. The summed E-state index contributed by atoms with van der Waals surface area (Å²) in [5.41, 5.74) is 0. The molecule has 3 nitrogen and oxygen atoms in total. The first kappa shape index (κ1) is 16.2. The van der Waals surface area contributed by atoms with E-state index in [1.807, 2.05) is 6.08 Å². The van der Waals surface area contributed by atoms with E-state index in [1.54, 1.807) is 6.08 Å². The molecule has 0 aromatic carbocycles. The molecule has 0 heterocycles. The summed E-state index contributed by atoms with van der Waals surface area (Å²) in [5.74, 6) is -0.214. The van der Waals surface area contributed by atoms with Crippen LogP contribution in [0.15, 0.2) is 12.2 Å². The Bertz CT molecular complexity index is 229. The minimum atomic E-state index is -0.214. The van der Waals surface area contributed by atoms with Crippen molar-refractivity contribution in [3.8, 4) is 0 Å². The topological polar surface area (TPSA) is 26.3 Å². The summed E-state index contributed by atoms with van der Waals surface area (Å²) >= 11 is 0. The standard InChI is InChI=1S/C14H28NO2/c1-5-6-7-8-9-10-11-14(16)17-13-12-15(2,3)4/h10-11H,5-9,12-13H2,1-4H3/q+1. The molecule has 0 radical (unpaired) electrons. The highest BCUT2D eigenvalue weighted by Gasteiger charge is 2.07. The van der Waals surface area contributed by atoms with E-state index in [9.17, 15) is 4.79 Å². The molecular formula is C14H28NO2+. The maximum atomic E-state index is 11.3. The minimum absolute atomic E-state index is 0.214. The predicted octanol–water partition coefficient (Wildman–Crippen LogP) is 2.76. The lowest BCUT2D eigenvalue weighted by Gasteiger charge is -2.23. The van der Waals surface area contributed by atoms with Crippen LogP contribution in [0.1, 0.15) is 39.0 Å². The van der Waals surface area contributed by atoms with Crippen LogP contribution < -0.4 is 0 Å². The fourth-order valence-electron chi connectivity index (χ4n) is 1.34. The molecule has 0 atom stereocenters. The Kier molecular flexibility index (Phi) is 8.78. The van der Waals surface area contributed by atoms with Crippen molar-refractivity contribution in [2.24, 2.45) is 0 Å². The maximum Gasteiger partial charge on any atom is 0.330 e. The van der Waals surface area contributed by atoms with Crippen molar-refractivity contribution < 1.29 is 14.0 Å². The van der Waals surface area contributed by atoms with Gasteiger partial charge in [-0.2, -0.15) is 0 Å². The zero-order chi connectivity index (χ0) is 13.1. The van der Waals surface area contributed by atoms with Crippen LogP contribution in [0.5, 0.6) is 0 Å². The molecule has 0 saturated carbocycles. The molecule has 0 aromatic heterocycles. The molecule has 0 amide bonds. The molecule has 0 fully saturated rings. The van der Waals surface area contributed by atoms with Crippen LogP contribution in [0.2, 0.25) is 0 Å². The number of nitrogens with zero attached hydrogens (tertiary/aromatic N) is 1. The van der Waals surface area contributed by atoms with Crippen molar-refractivity contribution in [3.05, 3.63) is 12.2 Å². The highest BCUT2D eigenvalue weighted by atomic mass is 16.5. The second-order valence-corrected chi connectivity index (χ2v) is 5.43. The molecule has 0 aromatic rings. The quantitative estimate of drug-likeness (QED) is 0.269. The third-order valence-corrected chi connectivity index (χ3v) is 2.48. The Morgan fingerprint density at radius 1 is 1.18 bits per heavy atom. The average molecular weight is 242 g/mol. The van der Waals surface area contributed by atoms with Crippen molar-refractivity contribution in [2.75, 3.05) is 34.3 Å². The van der Waals surface area contributed by atoms with Gasteiger partial charge < -0.3 is 9.22 Å². The molecule has 0 rings (SSSR count). The van der Waals surface area contributed by atoms with E-state index in [2.05, 4.69) is 28.1 Å².